The highest BCUT2D eigenvalue weighted by atomic mass is 32.2. The third-order valence-electron chi connectivity index (χ3n) is 4.81. The minimum atomic E-state index is -2.94. The predicted molar refractivity (Wildman–Crippen MR) is 100 cm³/mol. The largest absolute Gasteiger partial charge is 0.435 e. The van der Waals surface area contributed by atoms with Gasteiger partial charge in [-0.1, -0.05) is 12.1 Å². The summed E-state index contributed by atoms with van der Waals surface area (Å²) in [7, 11) is 0. The van der Waals surface area contributed by atoms with Gasteiger partial charge in [0, 0.05) is 13.2 Å². The Morgan fingerprint density at radius 3 is 2.79 bits per heavy atom. The Balaban J connectivity index is 1.76. The summed E-state index contributed by atoms with van der Waals surface area (Å²) in [6.45, 7) is -1.77. The van der Waals surface area contributed by atoms with Crippen LogP contribution < -0.4 is 15.6 Å². The van der Waals surface area contributed by atoms with Crippen LogP contribution in [0.4, 0.5) is 14.6 Å². The molecule has 2 N–H and O–H groups in total. The number of benzene rings is 1. The third-order valence-corrected chi connectivity index (χ3v) is 6.08. The normalized spacial score (nSPS) is 20.5. The number of H-pyrrole nitrogens is 1. The maximum atomic E-state index is 12.8. The van der Waals surface area contributed by atoms with Crippen LogP contribution in [-0.4, -0.2) is 41.3 Å². The molecule has 3 heterocycles. The van der Waals surface area contributed by atoms with Gasteiger partial charge < -0.3 is 14.8 Å². The molecule has 1 aromatic carbocycles. The van der Waals surface area contributed by atoms with E-state index in [-0.39, 0.29) is 29.0 Å². The van der Waals surface area contributed by atoms with Gasteiger partial charge >= 0.3 is 6.61 Å². The third kappa shape index (κ3) is 3.79. The minimum absolute atomic E-state index is 0.0125. The van der Waals surface area contributed by atoms with Gasteiger partial charge in [0.15, 0.2) is 0 Å². The zero-order valence-corrected chi connectivity index (χ0v) is 15.6. The fourth-order valence-corrected chi connectivity index (χ4v) is 4.69. The molecule has 0 spiro atoms. The molecular weight excluding hydrogens is 392 g/mol. The molecule has 0 saturated carbocycles. The van der Waals surface area contributed by atoms with Gasteiger partial charge in [-0.15, -0.1) is 11.8 Å². The van der Waals surface area contributed by atoms with E-state index in [1.165, 1.54) is 23.9 Å². The standard InChI is InChI=1S/C18H19F2N3O4S/c19-18(20)27-12-3-1-2-10(8-12)15-14-16(21-13(24)9-28-15)23(22-17(14)25)11-4-6-26-7-5-11/h1-3,8,11,15,18H,4-7,9H2,(H,21,24)(H,22,25)/t15-/m1/s1. The van der Waals surface area contributed by atoms with E-state index in [2.05, 4.69) is 15.2 Å². The number of alkyl halides is 2. The Bertz CT molecular complexity index is 924. The number of ether oxygens (including phenoxy) is 2. The second-order valence-electron chi connectivity index (χ2n) is 6.61. The molecule has 28 heavy (non-hydrogen) atoms. The highest BCUT2D eigenvalue weighted by Gasteiger charge is 2.32. The summed E-state index contributed by atoms with van der Waals surface area (Å²) in [5.74, 6) is 0.385. The maximum Gasteiger partial charge on any atom is 0.387 e. The van der Waals surface area contributed by atoms with E-state index >= 15 is 0 Å². The number of anilines is 1. The number of fused-ring (bicyclic) bond motifs is 1. The van der Waals surface area contributed by atoms with Crippen molar-refractivity contribution in [1.29, 1.82) is 0 Å². The number of hydrogen-bond acceptors (Lipinski definition) is 5. The van der Waals surface area contributed by atoms with Gasteiger partial charge in [0.25, 0.3) is 5.56 Å². The molecule has 0 unspecified atom stereocenters. The number of rotatable bonds is 4. The Kier molecular flexibility index (Phi) is 5.40. The summed E-state index contributed by atoms with van der Waals surface area (Å²) in [5, 5.41) is 5.20. The number of nitrogens with zero attached hydrogens (tertiary/aromatic N) is 1. The van der Waals surface area contributed by atoms with Crippen molar-refractivity contribution in [2.45, 2.75) is 30.7 Å². The van der Waals surface area contributed by atoms with Crippen molar-refractivity contribution in [3.63, 3.8) is 0 Å². The van der Waals surface area contributed by atoms with Crippen LogP contribution in [-0.2, 0) is 9.53 Å². The lowest BCUT2D eigenvalue weighted by Crippen LogP contribution is -2.24. The van der Waals surface area contributed by atoms with Crippen molar-refractivity contribution in [3.8, 4) is 5.75 Å². The average Bonchev–Trinajstić information content (AvgIpc) is 2.88. The van der Waals surface area contributed by atoms with E-state index in [0.29, 0.717) is 30.2 Å². The number of carbonyl (C=O) groups is 1. The van der Waals surface area contributed by atoms with Crippen LogP contribution in [0, 0.1) is 0 Å². The second-order valence-corrected chi connectivity index (χ2v) is 7.70. The van der Waals surface area contributed by atoms with Gasteiger partial charge in [-0.3, -0.25) is 19.4 Å². The topological polar surface area (TPSA) is 85.3 Å². The number of halogens is 2. The van der Waals surface area contributed by atoms with Crippen LogP contribution in [0.25, 0.3) is 0 Å². The zero-order chi connectivity index (χ0) is 19.7. The van der Waals surface area contributed by atoms with E-state index in [4.69, 9.17) is 4.74 Å². The number of nitrogens with one attached hydrogen (secondary N) is 2. The molecule has 1 saturated heterocycles. The van der Waals surface area contributed by atoms with Crippen LogP contribution in [0.15, 0.2) is 29.1 Å². The fraction of sp³-hybridized carbons (Fsp3) is 0.444. The lowest BCUT2D eigenvalue weighted by atomic mass is 10.1. The number of amides is 1. The molecule has 2 aromatic rings. The molecule has 10 heteroatoms. The summed E-state index contributed by atoms with van der Waals surface area (Å²) < 4.78 is 36.7. The van der Waals surface area contributed by atoms with Crippen LogP contribution in [0.3, 0.4) is 0 Å². The quantitative estimate of drug-likeness (QED) is 0.808. The summed E-state index contributed by atoms with van der Waals surface area (Å²) in [5.41, 5.74) is 0.731. The molecule has 7 nitrogen and oxygen atoms in total. The lowest BCUT2D eigenvalue weighted by Gasteiger charge is -2.25. The van der Waals surface area contributed by atoms with Crippen LogP contribution in [0.1, 0.15) is 35.3 Å². The van der Waals surface area contributed by atoms with Crippen LogP contribution >= 0.6 is 11.8 Å². The maximum absolute atomic E-state index is 12.8. The van der Waals surface area contributed by atoms with E-state index in [1.807, 2.05) is 0 Å². The first-order valence-electron chi connectivity index (χ1n) is 8.91. The molecule has 1 fully saturated rings. The Morgan fingerprint density at radius 1 is 1.25 bits per heavy atom. The summed E-state index contributed by atoms with van der Waals surface area (Å²) in [4.78, 5) is 25.1. The van der Waals surface area contributed by atoms with Gasteiger partial charge in [0.2, 0.25) is 5.91 Å². The molecule has 0 radical (unpaired) electrons. The van der Waals surface area contributed by atoms with Crippen molar-refractivity contribution < 1.29 is 23.0 Å². The first-order chi connectivity index (χ1) is 13.5. The number of aromatic amines is 1. The molecule has 150 valence electrons. The fourth-order valence-electron chi connectivity index (χ4n) is 3.58. The van der Waals surface area contributed by atoms with Crippen LogP contribution in [0.2, 0.25) is 0 Å². The highest BCUT2D eigenvalue weighted by molar-refractivity contribution is 8.00. The monoisotopic (exact) mass is 411 g/mol. The highest BCUT2D eigenvalue weighted by Crippen LogP contribution is 2.41. The summed E-state index contributed by atoms with van der Waals surface area (Å²) in [6, 6.07) is 6.26. The summed E-state index contributed by atoms with van der Waals surface area (Å²) >= 11 is 1.28. The van der Waals surface area contributed by atoms with E-state index < -0.39 is 11.9 Å². The molecule has 4 rings (SSSR count). The molecular formula is C18H19F2N3O4S. The molecule has 0 bridgehead atoms. The number of hydrogen-bond donors (Lipinski definition) is 2. The lowest BCUT2D eigenvalue weighted by molar-refractivity contribution is -0.113. The number of carbonyl (C=O) groups excluding carboxylic acids is 1. The first kappa shape index (κ1) is 19.0. The zero-order valence-electron chi connectivity index (χ0n) is 14.8. The smallest absolute Gasteiger partial charge is 0.387 e. The summed E-state index contributed by atoms with van der Waals surface area (Å²) in [6.07, 6.45) is 1.45. The van der Waals surface area contributed by atoms with E-state index in [1.54, 1.807) is 16.8 Å². The van der Waals surface area contributed by atoms with Crippen LogP contribution in [0.5, 0.6) is 5.75 Å². The first-order valence-corrected chi connectivity index (χ1v) is 9.96. The van der Waals surface area contributed by atoms with Crippen molar-refractivity contribution in [1.82, 2.24) is 9.78 Å². The Hall–Kier alpha value is -2.33. The Labute approximate surface area is 163 Å². The Morgan fingerprint density at radius 2 is 2.04 bits per heavy atom. The van der Waals surface area contributed by atoms with Crippen molar-refractivity contribution in [3.05, 3.63) is 45.7 Å². The SMILES string of the molecule is O=C1CS[C@H](c2cccc(OC(F)F)c2)c2c(n(C3CCOCC3)[nH]c2=O)N1. The minimum Gasteiger partial charge on any atom is -0.435 e. The van der Waals surface area contributed by atoms with Crippen molar-refractivity contribution in [2.75, 3.05) is 24.3 Å². The van der Waals surface area contributed by atoms with E-state index in [9.17, 15) is 18.4 Å². The van der Waals surface area contributed by atoms with Gasteiger partial charge in [-0.05, 0) is 30.5 Å². The molecule has 1 amide bonds. The van der Waals surface area contributed by atoms with E-state index in [0.717, 1.165) is 12.8 Å². The molecule has 1 aromatic heterocycles. The molecule has 1 atom stereocenters. The van der Waals surface area contributed by atoms with Crippen molar-refractivity contribution in [2.24, 2.45) is 0 Å². The number of thioether (sulfide) groups is 1. The second kappa shape index (κ2) is 7.96. The predicted octanol–water partition coefficient (Wildman–Crippen LogP) is 2.90. The molecule has 0 aliphatic carbocycles. The van der Waals surface area contributed by atoms with Gasteiger partial charge in [0.1, 0.15) is 11.6 Å². The van der Waals surface area contributed by atoms with Crippen molar-refractivity contribution >= 4 is 23.5 Å². The average molecular weight is 411 g/mol. The molecule has 2 aliphatic heterocycles. The van der Waals surface area contributed by atoms with Gasteiger partial charge in [-0.25, -0.2) is 0 Å². The van der Waals surface area contributed by atoms with Gasteiger partial charge in [0.05, 0.1) is 22.6 Å². The van der Waals surface area contributed by atoms with Gasteiger partial charge in [-0.2, -0.15) is 8.78 Å². The number of aromatic nitrogens is 2. The molecule has 2 aliphatic rings.